The van der Waals surface area contributed by atoms with E-state index in [0.29, 0.717) is 0 Å². The Kier molecular flexibility index (Phi) is 10.0. The average molecular weight is 166 g/mol. The maximum atomic E-state index is 2.30. The van der Waals surface area contributed by atoms with Crippen molar-refractivity contribution in [2.75, 3.05) is 0 Å². The van der Waals surface area contributed by atoms with Gasteiger partial charge < -0.3 is 0 Å². The van der Waals surface area contributed by atoms with Crippen molar-refractivity contribution in [3.63, 3.8) is 0 Å². The number of hydrogen-bond acceptors (Lipinski definition) is 0. The van der Waals surface area contributed by atoms with E-state index in [0.717, 1.165) is 0 Å². The fourth-order valence-corrected chi connectivity index (χ4v) is 1.09. The molecule has 0 aliphatic heterocycles. The van der Waals surface area contributed by atoms with Crippen LogP contribution in [0.15, 0.2) is 24.3 Å². The highest BCUT2D eigenvalue weighted by atomic mass is 13.9. The minimum absolute atomic E-state index is 1.18. The third kappa shape index (κ3) is 9.48. The van der Waals surface area contributed by atoms with Gasteiger partial charge in [0, 0.05) is 0 Å². The van der Waals surface area contributed by atoms with Crippen LogP contribution in [-0.2, 0) is 0 Å². The van der Waals surface area contributed by atoms with Crippen LogP contribution >= 0.6 is 0 Å². The normalized spacial score (nSPS) is 11.8. The highest BCUT2D eigenvalue weighted by Crippen LogP contribution is 2.02. The molecule has 0 N–H and O–H groups in total. The molecular formula is C12H22. The smallest absolute Gasteiger partial charge is 0.0351 e. The third-order valence-corrected chi connectivity index (χ3v) is 1.80. The van der Waals surface area contributed by atoms with Crippen LogP contribution in [0.1, 0.15) is 52.4 Å². The Morgan fingerprint density at radius 3 is 1.42 bits per heavy atom. The zero-order valence-corrected chi connectivity index (χ0v) is 8.55. The highest BCUT2D eigenvalue weighted by molar-refractivity contribution is 4.82. The summed E-state index contributed by atoms with van der Waals surface area (Å²) in [5.41, 5.74) is 0. The van der Waals surface area contributed by atoms with Crippen LogP contribution in [0.2, 0.25) is 0 Å². The first-order chi connectivity index (χ1) is 5.91. The molecule has 70 valence electrons. The largest absolute Gasteiger partial charge is 0.0888 e. The number of unbranched alkanes of at least 4 members (excludes halogenated alkanes) is 3. The zero-order chi connectivity index (χ0) is 9.07. The van der Waals surface area contributed by atoms with Gasteiger partial charge >= 0.3 is 0 Å². The summed E-state index contributed by atoms with van der Waals surface area (Å²) in [6.45, 7) is 4.36. The van der Waals surface area contributed by atoms with Gasteiger partial charge in [-0.15, -0.1) is 0 Å². The van der Waals surface area contributed by atoms with Gasteiger partial charge in [-0.05, 0) is 38.5 Å². The molecular weight excluding hydrogens is 144 g/mol. The molecule has 0 aliphatic carbocycles. The quantitative estimate of drug-likeness (QED) is 0.386. The van der Waals surface area contributed by atoms with Gasteiger partial charge in [0.05, 0.1) is 0 Å². The van der Waals surface area contributed by atoms with Gasteiger partial charge in [0.25, 0.3) is 0 Å². The summed E-state index contributed by atoms with van der Waals surface area (Å²) in [4.78, 5) is 0. The lowest BCUT2D eigenvalue weighted by atomic mass is 10.1. The minimum atomic E-state index is 1.18. The van der Waals surface area contributed by atoms with Crippen molar-refractivity contribution in [3.05, 3.63) is 24.3 Å². The molecule has 0 atom stereocenters. The lowest BCUT2D eigenvalue weighted by Gasteiger charge is -1.92. The Hall–Kier alpha value is -0.520. The molecule has 0 radical (unpaired) electrons. The first-order valence-electron chi connectivity index (χ1n) is 5.21. The third-order valence-electron chi connectivity index (χ3n) is 1.80. The Bertz CT molecular complexity index is 104. The van der Waals surface area contributed by atoms with Gasteiger partial charge in [-0.1, -0.05) is 38.2 Å². The van der Waals surface area contributed by atoms with E-state index < -0.39 is 0 Å². The van der Waals surface area contributed by atoms with Crippen LogP contribution in [0.4, 0.5) is 0 Å². The number of hydrogen-bond donors (Lipinski definition) is 0. The lowest BCUT2D eigenvalue weighted by molar-refractivity contribution is 0.759. The Morgan fingerprint density at radius 2 is 1.08 bits per heavy atom. The Labute approximate surface area is 77.4 Å². The van der Waals surface area contributed by atoms with Gasteiger partial charge in [0.2, 0.25) is 0 Å². The molecule has 12 heavy (non-hydrogen) atoms. The van der Waals surface area contributed by atoms with Gasteiger partial charge in [-0.25, -0.2) is 0 Å². The summed E-state index contributed by atoms with van der Waals surface area (Å²) < 4.78 is 0. The topological polar surface area (TPSA) is 0 Å². The lowest BCUT2D eigenvalue weighted by Crippen LogP contribution is -1.72. The Morgan fingerprint density at radius 1 is 0.667 bits per heavy atom. The van der Waals surface area contributed by atoms with Crippen LogP contribution in [0.5, 0.6) is 0 Å². The van der Waals surface area contributed by atoms with Crippen molar-refractivity contribution in [2.45, 2.75) is 52.4 Å². The molecule has 0 aromatic rings. The molecule has 0 rings (SSSR count). The second kappa shape index (κ2) is 10.5. The van der Waals surface area contributed by atoms with E-state index in [1.165, 1.54) is 38.5 Å². The molecule has 0 saturated heterocycles. The summed E-state index contributed by atoms with van der Waals surface area (Å²) in [5.74, 6) is 0. The van der Waals surface area contributed by atoms with Crippen LogP contribution in [-0.4, -0.2) is 0 Å². The van der Waals surface area contributed by atoms with Crippen LogP contribution in [0.25, 0.3) is 0 Å². The molecule has 0 bridgehead atoms. The highest BCUT2D eigenvalue weighted by Gasteiger charge is 1.82. The van der Waals surface area contributed by atoms with Crippen molar-refractivity contribution >= 4 is 0 Å². The Balaban J connectivity index is 3.00. The zero-order valence-electron chi connectivity index (χ0n) is 8.55. The molecule has 0 aromatic heterocycles. The van der Waals surface area contributed by atoms with E-state index in [-0.39, 0.29) is 0 Å². The predicted molar refractivity (Wildman–Crippen MR) is 57.3 cm³/mol. The minimum Gasteiger partial charge on any atom is -0.0888 e. The molecule has 0 unspecified atom stereocenters. The van der Waals surface area contributed by atoms with Crippen molar-refractivity contribution in [1.29, 1.82) is 0 Å². The van der Waals surface area contributed by atoms with E-state index in [2.05, 4.69) is 38.2 Å². The molecule has 0 aromatic carbocycles. The SMILES string of the molecule is CCC=CCCCCC=CCC. The summed E-state index contributed by atoms with van der Waals surface area (Å²) in [6.07, 6.45) is 16.6. The summed E-state index contributed by atoms with van der Waals surface area (Å²) in [6, 6.07) is 0. The molecule has 0 amide bonds. The molecule has 0 fully saturated rings. The monoisotopic (exact) mass is 166 g/mol. The first-order valence-corrected chi connectivity index (χ1v) is 5.21. The van der Waals surface area contributed by atoms with Gasteiger partial charge in [0.15, 0.2) is 0 Å². The second-order valence-electron chi connectivity index (χ2n) is 3.04. The number of allylic oxidation sites excluding steroid dienone is 4. The fourth-order valence-electron chi connectivity index (χ4n) is 1.09. The van der Waals surface area contributed by atoms with Crippen molar-refractivity contribution in [3.8, 4) is 0 Å². The van der Waals surface area contributed by atoms with Crippen LogP contribution < -0.4 is 0 Å². The molecule has 0 spiro atoms. The van der Waals surface area contributed by atoms with Crippen molar-refractivity contribution in [2.24, 2.45) is 0 Å². The summed E-state index contributed by atoms with van der Waals surface area (Å²) in [5, 5.41) is 0. The van der Waals surface area contributed by atoms with Gasteiger partial charge in [-0.3, -0.25) is 0 Å². The summed E-state index contributed by atoms with van der Waals surface area (Å²) >= 11 is 0. The fraction of sp³-hybridized carbons (Fsp3) is 0.667. The first kappa shape index (κ1) is 11.5. The maximum absolute atomic E-state index is 2.30. The van der Waals surface area contributed by atoms with Crippen LogP contribution in [0.3, 0.4) is 0 Å². The molecule has 0 saturated carbocycles. The molecule has 0 aliphatic rings. The average Bonchev–Trinajstić information content (AvgIpc) is 2.10. The van der Waals surface area contributed by atoms with Gasteiger partial charge in [0.1, 0.15) is 0 Å². The number of rotatable bonds is 7. The maximum Gasteiger partial charge on any atom is -0.0351 e. The van der Waals surface area contributed by atoms with E-state index in [9.17, 15) is 0 Å². The predicted octanol–water partition coefficient (Wildman–Crippen LogP) is 4.48. The standard InChI is InChI=1S/C12H22/c1-3-5-7-9-11-12-10-8-6-4-2/h5-8H,3-4,9-12H2,1-2H3. The van der Waals surface area contributed by atoms with E-state index in [1.54, 1.807) is 0 Å². The van der Waals surface area contributed by atoms with E-state index in [4.69, 9.17) is 0 Å². The van der Waals surface area contributed by atoms with Crippen molar-refractivity contribution in [1.82, 2.24) is 0 Å². The summed E-state index contributed by atoms with van der Waals surface area (Å²) in [7, 11) is 0. The van der Waals surface area contributed by atoms with Crippen molar-refractivity contribution < 1.29 is 0 Å². The van der Waals surface area contributed by atoms with E-state index >= 15 is 0 Å². The molecule has 0 heteroatoms. The van der Waals surface area contributed by atoms with E-state index in [1.807, 2.05) is 0 Å². The second-order valence-corrected chi connectivity index (χ2v) is 3.04. The van der Waals surface area contributed by atoms with Gasteiger partial charge in [-0.2, -0.15) is 0 Å². The van der Waals surface area contributed by atoms with Crippen LogP contribution in [0, 0.1) is 0 Å². The molecule has 0 heterocycles. The molecule has 0 nitrogen and oxygen atoms in total.